The largest absolute Gasteiger partial charge is 0.324 e. The maximum atomic E-state index is 12.7. The lowest BCUT2D eigenvalue weighted by atomic mass is 9.96. The van der Waals surface area contributed by atoms with Gasteiger partial charge in [0.15, 0.2) is 0 Å². The first-order chi connectivity index (χ1) is 12.1. The average Bonchev–Trinajstić information content (AvgIpc) is 3.18. The highest BCUT2D eigenvalue weighted by atomic mass is 16.2. The number of fused-ring (bicyclic) bond motifs is 1. The summed E-state index contributed by atoms with van der Waals surface area (Å²) in [5.41, 5.74) is 2.57. The van der Waals surface area contributed by atoms with Crippen molar-refractivity contribution in [1.82, 2.24) is 19.7 Å². The number of anilines is 1. The third-order valence-electron chi connectivity index (χ3n) is 5.37. The highest BCUT2D eigenvalue weighted by Gasteiger charge is 2.33. The molecule has 0 spiro atoms. The highest BCUT2D eigenvalue weighted by molar-refractivity contribution is 5.88. The molecule has 25 heavy (non-hydrogen) atoms. The summed E-state index contributed by atoms with van der Waals surface area (Å²) in [4.78, 5) is 19.1. The zero-order valence-electron chi connectivity index (χ0n) is 14.9. The Morgan fingerprint density at radius 1 is 1.24 bits per heavy atom. The Bertz CT molecular complexity index is 743. The van der Waals surface area contributed by atoms with Gasteiger partial charge in [0.2, 0.25) is 5.95 Å². The topological polar surface area (TPSA) is 63.1 Å². The first kappa shape index (κ1) is 16.1. The summed E-state index contributed by atoms with van der Waals surface area (Å²) < 4.78 is 1.92. The molecule has 2 amide bonds. The third kappa shape index (κ3) is 3.25. The van der Waals surface area contributed by atoms with Crippen LogP contribution in [0, 0.1) is 6.92 Å². The van der Waals surface area contributed by atoms with Crippen LogP contribution in [0.25, 0.3) is 0 Å². The van der Waals surface area contributed by atoms with Crippen LogP contribution in [0.5, 0.6) is 0 Å². The molecule has 2 aromatic rings. The molecule has 132 valence electrons. The summed E-state index contributed by atoms with van der Waals surface area (Å²) in [7, 11) is 0. The predicted molar refractivity (Wildman–Crippen MR) is 96.7 cm³/mol. The second kappa shape index (κ2) is 6.50. The monoisotopic (exact) mass is 339 g/mol. The SMILES string of the molecule is Cc1ccc([C@@H]2C[C@@H](C)N(C(=O)Nc3nc4n(n3)CCCC4)C2)cc1. The van der Waals surface area contributed by atoms with Crippen LogP contribution >= 0.6 is 0 Å². The molecule has 3 heterocycles. The normalized spacial score (nSPS) is 22.7. The number of urea groups is 1. The van der Waals surface area contributed by atoms with E-state index in [4.69, 9.17) is 0 Å². The van der Waals surface area contributed by atoms with Crippen molar-refractivity contribution >= 4 is 12.0 Å². The van der Waals surface area contributed by atoms with Gasteiger partial charge in [-0.15, -0.1) is 5.10 Å². The van der Waals surface area contributed by atoms with Crippen molar-refractivity contribution in [1.29, 1.82) is 0 Å². The molecule has 6 nitrogen and oxygen atoms in total. The fraction of sp³-hybridized carbons (Fsp3) is 0.526. The van der Waals surface area contributed by atoms with Gasteiger partial charge >= 0.3 is 6.03 Å². The molecule has 2 aliphatic rings. The average molecular weight is 339 g/mol. The maximum absolute atomic E-state index is 12.7. The zero-order valence-corrected chi connectivity index (χ0v) is 14.9. The molecular weight excluding hydrogens is 314 g/mol. The van der Waals surface area contributed by atoms with E-state index in [-0.39, 0.29) is 12.1 Å². The van der Waals surface area contributed by atoms with Crippen LogP contribution < -0.4 is 5.32 Å². The number of aryl methyl sites for hydroxylation is 3. The molecule has 1 aromatic carbocycles. The number of benzene rings is 1. The van der Waals surface area contributed by atoms with Gasteiger partial charge in [-0.25, -0.2) is 9.48 Å². The first-order valence-electron chi connectivity index (χ1n) is 9.18. The predicted octanol–water partition coefficient (Wildman–Crippen LogP) is 3.33. The van der Waals surface area contributed by atoms with Crippen molar-refractivity contribution in [2.24, 2.45) is 0 Å². The van der Waals surface area contributed by atoms with Crippen LogP contribution in [0.2, 0.25) is 0 Å². The van der Waals surface area contributed by atoms with E-state index < -0.39 is 0 Å². The maximum Gasteiger partial charge on any atom is 0.324 e. The van der Waals surface area contributed by atoms with Crippen molar-refractivity contribution in [3.8, 4) is 0 Å². The van der Waals surface area contributed by atoms with Gasteiger partial charge in [-0.2, -0.15) is 4.98 Å². The standard InChI is InChI=1S/C19H25N5O/c1-13-6-8-15(9-7-13)16-11-14(2)23(12-16)19(25)21-18-20-17-5-3-4-10-24(17)22-18/h6-9,14,16H,3-5,10-12H2,1-2H3,(H,21,22,25)/t14-,16-/m1/s1. The number of nitrogens with zero attached hydrogens (tertiary/aromatic N) is 4. The Kier molecular flexibility index (Phi) is 4.19. The quantitative estimate of drug-likeness (QED) is 0.913. The minimum atomic E-state index is -0.0925. The van der Waals surface area contributed by atoms with E-state index in [9.17, 15) is 4.79 Å². The second-order valence-corrected chi connectivity index (χ2v) is 7.31. The molecule has 4 rings (SSSR count). The summed E-state index contributed by atoms with van der Waals surface area (Å²) in [5.74, 6) is 1.81. The number of carbonyl (C=O) groups excluding carboxylic acids is 1. The van der Waals surface area contributed by atoms with E-state index in [1.807, 2.05) is 9.58 Å². The van der Waals surface area contributed by atoms with Crippen molar-refractivity contribution in [2.75, 3.05) is 11.9 Å². The number of hydrogen-bond acceptors (Lipinski definition) is 3. The van der Waals surface area contributed by atoms with E-state index in [1.165, 1.54) is 11.1 Å². The Morgan fingerprint density at radius 3 is 2.80 bits per heavy atom. The van der Waals surface area contributed by atoms with Crippen molar-refractivity contribution < 1.29 is 4.79 Å². The minimum Gasteiger partial charge on any atom is -0.321 e. The highest BCUT2D eigenvalue weighted by Crippen LogP contribution is 2.32. The Labute approximate surface area is 148 Å². The number of carbonyl (C=O) groups is 1. The second-order valence-electron chi connectivity index (χ2n) is 7.31. The minimum absolute atomic E-state index is 0.0925. The molecule has 1 aromatic heterocycles. The summed E-state index contributed by atoms with van der Waals surface area (Å²) in [6.07, 6.45) is 4.21. The van der Waals surface area contributed by atoms with Gasteiger partial charge in [-0.1, -0.05) is 29.8 Å². The number of amides is 2. The van der Waals surface area contributed by atoms with Crippen molar-refractivity contribution in [3.63, 3.8) is 0 Å². The fourth-order valence-corrected chi connectivity index (χ4v) is 3.90. The lowest BCUT2D eigenvalue weighted by Gasteiger charge is -2.20. The first-order valence-corrected chi connectivity index (χ1v) is 9.18. The summed E-state index contributed by atoms with van der Waals surface area (Å²) in [6, 6.07) is 8.76. The molecule has 0 radical (unpaired) electrons. The van der Waals surface area contributed by atoms with Crippen LogP contribution in [0.1, 0.15) is 49.1 Å². The summed E-state index contributed by atoms with van der Waals surface area (Å²) in [6.45, 7) is 5.84. The van der Waals surface area contributed by atoms with Gasteiger partial charge in [0, 0.05) is 31.5 Å². The number of rotatable bonds is 2. The van der Waals surface area contributed by atoms with Gasteiger partial charge in [0.1, 0.15) is 5.82 Å². The number of nitrogens with one attached hydrogen (secondary N) is 1. The van der Waals surface area contributed by atoms with Gasteiger partial charge < -0.3 is 4.90 Å². The number of aromatic nitrogens is 3. The van der Waals surface area contributed by atoms with E-state index in [2.05, 4.69) is 53.5 Å². The molecular formula is C19H25N5O. The number of hydrogen-bond donors (Lipinski definition) is 1. The molecule has 0 saturated carbocycles. The lowest BCUT2D eigenvalue weighted by Crippen LogP contribution is -2.37. The van der Waals surface area contributed by atoms with E-state index in [0.29, 0.717) is 11.9 Å². The lowest BCUT2D eigenvalue weighted by molar-refractivity contribution is 0.209. The van der Waals surface area contributed by atoms with Crippen molar-refractivity contribution in [3.05, 3.63) is 41.2 Å². The molecule has 0 unspecified atom stereocenters. The molecule has 1 N–H and O–H groups in total. The Hall–Kier alpha value is -2.37. The van der Waals surface area contributed by atoms with Crippen molar-refractivity contribution in [2.45, 2.75) is 58.0 Å². The third-order valence-corrected chi connectivity index (χ3v) is 5.37. The Morgan fingerprint density at radius 2 is 2.04 bits per heavy atom. The fourth-order valence-electron chi connectivity index (χ4n) is 3.90. The summed E-state index contributed by atoms with van der Waals surface area (Å²) in [5, 5.41) is 7.32. The molecule has 0 bridgehead atoms. The van der Waals surface area contributed by atoms with Crippen LogP contribution in [-0.2, 0) is 13.0 Å². The van der Waals surface area contributed by atoms with Crippen LogP contribution in [-0.4, -0.2) is 38.3 Å². The zero-order chi connectivity index (χ0) is 17.4. The van der Waals surface area contributed by atoms with E-state index in [0.717, 1.165) is 44.6 Å². The number of likely N-dealkylation sites (tertiary alicyclic amines) is 1. The van der Waals surface area contributed by atoms with Crippen LogP contribution in [0.3, 0.4) is 0 Å². The molecule has 6 heteroatoms. The van der Waals surface area contributed by atoms with Gasteiger partial charge in [0.05, 0.1) is 0 Å². The summed E-state index contributed by atoms with van der Waals surface area (Å²) >= 11 is 0. The smallest absolute Gasteiger partial charge is 0.321 e. The molecule has 0 aliphatic carbocycles. The van der Waals surface area contributed by atoms with E-state index in [1.54, 1.807) is 0 Å². The van der Waals surface area contributed by atoms with Gasteiger partial charge in [-0.05, 0) is 38.7 Å². The molecule has 2 aliphatic heterocycles. The van der Waals surface area contributed by atoms with Gasteiger partial charge in [0.25, 0.3) is 0 Å². The van der Waals surface area contributed by atoms with Gasteiger partial charge in [-0.3, -0.25) is 5.32 Å². The van der Waals surface area contributed by atoms with Crippen LogP contribution in [0.15, 0.2) is 24.3 Å². The van der Waals surface area contributed by atoms with Crippen LogP contribution in [0.4, 0.5) is 10.7 Å². The molecule has 1 fully saturated rings. The molecule has 1 saturated heterocycles. The van der Waals surface area contributed by atoms with E-state index >= 15 is 0 Å². The Balaban J connectivity index is 1.43. The molecule has 2 atom stereocenters.